The van der Waals surface area contributed by atoms with Crippen molar-refractivity contribution in [3.05, 3.63) is 0 Å². The molecular formula is C12H23NO. The minimum atomic E-state index is 0.381. The van der Waals surface area contributed by atoms with Crippen molar-refractivity contribution >= 4 is 5.78 Å². The maximum Gasteiger partial charge on any atom is 0.137 e. The van der Waals surface area contributed by atoms with Gasteiger partial charge in [-0.2, -0.15) is 0 Å². The minimum Gasteiger partial charge on any atom is -0.319 e. The van der Waals surface area contributed by atoms with E-state index in [2.05, 4.69) is 12.2 Å². The van der Waals surface area contributed by atoms with Gasteiger partial charge in [0.15, 0.2) is 0 Å². The number of hydrogen-bond acceptors (Lipinski definition) is 2. The van der Waals surface area contributed by atoms with Crippen LogP contribution in [0.1, 0.15) is 45.4 Å². The van der Waals surface area contributed by atoms with Gasteiger partial charge in [0.2, 0.25) is 0 Å². The number of carbonyl (C=O) groups is 1. The van der Waals surface area contributed by atoms with Crippen molar-refractivity contribution in [3.8, 4) is 0 Å². The third-order valence-electron chi connectivity index (χ3n) is 3.50. The summed E-state index contributed by atoms with van der Waals surface area (Å²) in [6.07, 6.45) is 6.83. The Kier molecular flexibility index (Phi) is 5.16. The van der Waals surface area contributed by atoms with Crippen molar-refractivity contribution < 1.29 is 4.79 Å². The smallest absolute Gasteiger partial charge is 0.137 e. The number of carbonyl (C=O) groups excluding carboxylic acids is 1. The summed E-state index contributed by atoms with van der Waals surface area (Å²) < 4.78 is 0. The summed E-state index contributed by atoms with van der Waals surface area (Å²) in [6, 6.07) is 0. The molecule has 1 fully saturated rings. The van der Waals surface area contributed by atoms with Gasteiger partial charge in [-0.3, -0.25) is 4.79 Å². The Bertz CT molecular complexity index is 171. The Morgan fingerprint density at radius 1 is 1.29 bits per heavy atom. The van der Waals surface area contributed by atoms with E-state index < -0.39 is 0 Å². The van der Waals surface area contributed by atoms with Crippen LogP contribution in [0.25, 0.3) is 0 Å². The van der Waals surface area contributed by atoms with Gasteiger partial charge in [-0.05, 0) is 38.6 Å². The van der Waals surface area contributed by atoms with Gasteiger partial charge in [0.1, 0.15) is 5.78 Å². The number of nitrogens with one attached hydrogen (secondary N) is 1. The van der Waals surface area contributed by atoms with Crippen molar-refractivity contribution in [2.75, 3.05) is 13.6 Å². The maximum atomic E-state index is 11.7. The summed E-state index contributed by atoms with van der Waals surface area (Å²) >= 11 is 0. The Labute approximate surface area is 87.5 Å². The topological polar surface area (TPSA) is 29.1 Å². The van der Waals surface area contributed by atoms with Crippen molar-refractivity contribution in [2.45, 2.75) is 45.4 Å². The number of hydrogen-bond donors (Lipinski definition) is 1. The molecule has 1 N–H and O–H groups in total. The summed E-state index contributed by atoms with van der Waals surface area (Å²) in [7, 11) is 1.90. The highest BCUT2D eigenvalue weighted by atomic mass is 16.1. The van der Waals surface area contributed by atoms with Crippen LogP contribution >= 0.6 is 0 Å². The summed E-state index contributed by atoms with van der Waals surface area (Å²) in [5.41, 5.74) is 0. The first-order valence-corrected chi connectivity index (χ1v) is 5.95. The summed E-state index contributed by atoms with van der Waals surface area (Å²) in [5, 5.41) is 3.04. The lowest BCUT2D eigenvalue weighted by atomic mass is 9.78. The second-order valence-electron chi connectivity index (χ2n) is 4.45. The molecule has 0 aromatic rings. The van der Waals surface area contributed by atoms with Gasteiger partial charge in [0.25, 0.3) is 0 Å². The molecule has 1 saturated carbocycles. The van der Waals surface area contributed by atoms with Crippen LogP contribution in [0.15, 0.2) is 0 Å². The highest BCUT2D eigenvalue weighted by Gasteiger charge is 2.24. The molecule has 2 nitrogen and oxygen atoms in total. The maximum absolute atomic E-state index is 11.7. The van der Waals surface area contributed by atoms with Gasteiger partial charge in [-0.15, -0.1) is 0 Å². The molecule has 14 heavy (non-hydrogen) atoms. The molecule has 0 aromatic carbocycles. The minimum absolute atomic E-state index is 0.381. The van der Waals surface area contributed by atoms with Crippen molar-refractivity contribution in [3.63, 3.8) is 0 Å². The van der Waals surface area contributed by atoms with E-state index in [1.165, 1.54) is 19.3 Å². The number of ketones is 1. The van der Waals surface area contributed by atoms with E-state index in [4.69, 9.17) is 0 Å². The van der Waals surface area contributed by atoms with Crippen LogP contribution in [0.4, 0.5) is 0 Å². The average Bonchev–Trinajstić information content (AvgIpc) is 2.26. The molecule has 0 spiro atoms. The van der Waals surface area contributed by atoms with E-state index in [1.54, 1.807) is 0 Å². The lowest BCUT2D eigenvalue weighted by Gasteiger charge is -2.26. The first kappa shape index (κ1) is 11.7. The van der Waals surface area contributed by atoms with Crippen LogP contribution in [0.5, 0.6) is 0 Å². The van der Waals surface area contributed by atoms with Crippen LogP contribution in [0, 0.1) is 11.8 Å². The molecule has 0 radical (unpaired) electrons. The van der Waals surface area contributed by atoms with Crippen LogP contribution in [-0.2, 0) is 4.79 Å². The molecule has 1 rings (SSSR count). The second kappa shape index (κ2) is 6.18. The first-order valence-electron chi connectivity index (χ1n) is 5.95. The summed E-state index contributed by atoms with van der Waals surface area (Å²) in [5.74, 6) is 1.75. The van der Waals surface area contributed by atoms with Crippen molar-refractivity contribution in [1.29, 1.82) is 0 Å². The summed E-state index contributed by atoms with van der Waals surface area (Å²) in [4.78, 5) is 11.7. The van der Waals surface area contributed by atoms with Crippen LogP contribution in [-0.4, -0.2) is 19.4 Å². The van der Waals surface area contributed by atoms with Gasteiger partial charge in [-0.25, -0.2) is 0 Å². The van der Waals surface area contributed by atoms with E-state index in [1.807, 2.05) is 7.05 Å². The predicted octanol–water partition coefficient (Wildman–Crippen LogP) is 2.38. The van der Waals surface area contributed by atoms with Crippen LogP contribution < -0.4 is 5.32 Å². The average molecular weight is 197 g/mol. The number of rotatable bonds is 5. The highest BCUT2D eigenvalue weighted by Crippen LogP contribution is 2.31. The molecule has 0 unspecified atom stereocenters. The largest absolute Gasteiger partial charge is 0.319 e. The Balaban J connectivity index is 2.23. The highest BCUT2D eigenvalue weighted by molar-refractivity contribution is 5.81. The Morgan fingerprint density at radius 3 is 2.43 bits per heavy atom. The zero-order valence-electron chi connectivity index (χ0n) is 9.51. The van der Waals surface area contributed by atoms with Crippen molar-refractivity contribution in [2.24, 2.45) is 11.8 Å². The summed E-state index contributed by atoms with van der Waals surface area (Å²) in [6.45, 7) is 3.10. The fourth-order valence-electron chi connectivity index (χ4n) is 2.34. The van der Waals surface area contributed by atoms with Gasteiger partial charge >= 0.3 is 0 Å². The van der Waals surface area contributed by atoms with E-state index in [9.17, 15) is 4.79 Å². The molecule has 0 heterocycles. The third-order valence-corrected chi connectivity index (χ3v) is 3.50. The van der Waals surface area contributed by atoms with Gasteiger partial charge < -0.3 is 5.32 Å². The molecule has 0 aromatic heterocycles. The van der Waals surface area contributed by atoms with E-state index >= 15 is 0 Å². The molecule has 0 amide bonds. The third kappa shape index (κ3) is 3.41. The molecule has 0 atom stereocenters. The SMILES string of the molecule is CCC1CCC(C(=O)CCNC)CC1. The first-order chi connectivity index (χ1) is 6.77. The Morgan fingerprint density at radius 2 is 1.93 bits per heavy atom. The lowest BCUT2D eigenvalue weighted by Crippen LogP contribution is -2.24. The second-order valence-corrected chi connectivity index (χ2v) is 4.45. The van der Waals surface area contributed by atoms with Gasteiger partial charge in [0, 0.05) is 18.9 Å². The standard InChI is InChI=1S/C12H23NO/c1-3-10-4-6-11(7-5-10)12(14)8-9-13-2/h10-11,13H,3-9H2,1-2H3. The number of Topliss-reactive ketones (excluding diaryl/α,β-unsaturated/α-hetero) is 1. The monoisotopic (exact) mass is 197 g/mol. The molecule has 2 heteroatoms. The lowest BCUT2D eigenvalue weighted by molar-refractivity contribution is -0.123. The van der Waals surface area contributed by atoms with Crippen LogP contribution in [0.3, 0.4) is 0 Å². The fourth-order valence-corrected chi connectivity index (χ4v) is 2.34. The molecular weight excluding hydrogens is 174 g/mol. The zero-order valence-corrected chi connectivity index (χ0v) is 9.51. The Hall–Kier alpha value is -0.370. The van der Waals surface area contributed by atoms with E-state index in [0.717, 1.165) is 31.7 Å². The fraction of sp³-hybridized carbons (Fsp3) is 0.917. The molecule has 1 aliphatic carbocycles. The predicted molar refractivity (Wildman–Crippen MR) is 59.3 cm³/mol. The molecule has 0 bridgehead atoms. The molecule has 0 saturated heterocycles. The molecule has 0 aliphatic heterocycles. The normalized spacial score (nSPS) is 27.6. The van der Waals surface area contributed by atoms with Gasteiger partial charge in [0.05, 0.1) is 0 Å². The molecule has 82 valence electrons. The van der Waals surface area contributed by atoms with Crippen molar-refractivity contribution in [1.82, 2.24) is 5.32 Å². The van der Waals surface area contributed by atoms with Gasteiger partial charge in [-0.1, -0.05) is 13.3 Å². The quantitative estimate of drug-likeness (QED) is 0.733. The van der Waals surface area contributed by atoms with E-state index in [-0.39, 0.29) is 0 Å². The van der Waals surface area contributed by atoms with E-state index in [0.29, 0.717) is 11.7 Å². The molecule has 1 aliphatic rings. The zero-order chi connectivity index (χ0) is 10.4. The van der Waals surface area contributed by atoms with Crippen LogP contribution in [0.2, 0.25) is 0 Å².